The third-order valence-electron chi connectivity index (χ3n) is 3.17. The summed E-state index contributed by atoms with van der Waals surface area (Å²) in [6.45, 7) is 2.16. The highest BCUT2D eigenvalue weighted by molar-refractivity contribution is 7.07. The van der Waals surface area contributed by atoms with E-state index in [0.29, 0.717) is 17.1 Å². The third kappa shape index (κ3) is 3.45. The Kier molecular flexibility index (Phi) is 3.71. The van der Waals surface area contributed by atoms with Crippen LogP contribution < -0.4 is 5.32 Å². The quantitative estimate of drug-likeness (QED) is 0.843. The highest BCUT2D eigenvalue weighted by Gasteiger charge is 2.27. The summed E-state index contributed by atoms with van der Waals surface area (Å²) >= 11 is 7.79. The molecule has 5 heteroatoms. The molecule has 1 aliphatic rings. The highest BCUT2D eigenvalue weighted by atomic mass is 35.5. The average Bonchev–Trinajstić information content (AvgIpc) is 3.08. The van der Waals surface area contributed by atoms with E-state index in [1.165, 1.54) is 18.4 Å². The number of aromatic nitrogens is 2. The number of nitrogens with one attached hydrogen (secondary N) is 1. The zero-order valence-electron chi connectivity index (χ0n) is 10.8. The van der Waals surface area contributed by atoms with Gasteiger partial charge in [-0.15, -0.1) is 0 Å². The van der Waals surface area contributed by atoms with Gasteiger partial charge in [-0.1, -0.05) is 11.6 Å². The number of thiophene rings is 1. The Morgan fingerprint density at radius 3 is 3.00 bits per heavy atom. The lowest BCUT2D eigenvalue weighted by molar-refractivity contribution is 0.781. The van der Waals surface area contributed by atoms with Crippen LogP contribution in [0.2, 0.25) is 5.15 Å². The van der Waals surface area contributed by atoms with Gasteiger partial charge in [0, 0.05) is 18.0 Å². The summed E-state index contributed by atoms with van der Waals surface area (Å²) in [5.74, 6) is 2.24. The van der Waals surface area contributed by atoms with Crippen molar-refractivity contribution in [2.75, 3.05) is 5.32 Å². The lowest BCUT2D eigenvalue weighted by atomic mass is 10.1. The van der Waals surface area contributed by atoms with E-state index < -0.39 is 0 Å². The number of rotatable bonds is 5. The molecule has 0 amide bonds. The molecule has 1 saturated carbocycles. The van der Waals surface area contributed by atoms with Crippen LogP contribution in [-0.4, -0.2) is 16.0 Å². The smallest absolute Gasteiger partial charge is 0.135 e. The van der Waals surface area contributed by atoms with Crippen molar-refractivity contribution < 1.29 is 0 Å². The normalized spacial score (nSPS) is 16.3. The van der Waals surface area contributed by atoms with E-state index in [1.807, 2.05) is 0 Å². The molecule has 3 nitrogen and oxygen atoms in total. The van der Waals surface area contributed by atoms with E-state index in [0.717, 1.165) is 18.1 Å². The Morgan fingerprint density at radius 1 is 1.47 bits per heavy atom. The Labute approximate surface area is 122 Å². The Morgan fingerprint density at radius 2 is 2.32 bits per heavy atom. The molecule has 1 atom stereocenters. The monoisotopic (exact) mass is 293 g/mol. The molecule has 0 bridgehead atoms. The largest absolute Gasteiger partial charge is 0.367 e. The summed E-state index contributed by atoms with van der Waals surface area (Å²) in [5, 5.41) is 8.23. The maximum atomic E-state index is 6.06. The fraction of sp³-hybridized carbons (Fsp3) is 0.429. The molecule has 1 unspecified atom stereocenters. The van der Waals surface area contributed by atoms with E-state index in [1.54, 1.807) is 17.4 Å². The predicted molar refractivity (Wildman–Crippen MR) is 80.1 cm³/mol. The second kappa shape index (κ2) is 5.47. The van der Waals surface area contributed by atoms with Gasteiger partial charge in [0.05, 0.1) is 0 Å². The molecular formula is C14H16ClN3S. The van der Waals surface area contributed by atoms with E-state index in [2.05, 4.69) is 39.0 Å². The van der Waals surface area contributed by atoms with Crippen molar-refractivity contribution in [2.24, 2.45) is 0 Å². The minimum Gasteiger partial charge on any atom is -0.367 e. The van der Waals surface area contributed by atoms with Crippen molar-refractivity contribution in [3.63, 3.8) is 0 Å². The van der Waals surface area contributed by atoms with Crippen molar-refractivity contribution >= 4 is 28.8 Å². The summed E-state index contributed by atoms with van der Waals surface area (Å²) in [5.41, 5.74) is 1.35. The number of nitrogens with zero attached hydrogens (tertiary/aromatic N) is 2. The lowest BCUT2D eigenvalue weighted by Crippen LogP contribution is -2.19. The maximum absolute atomic E-state index is 6.06. The van der Waals surface area contributed by atoms with Crippen LogP contribution in [0.4, 0.5) is 5.82 Å². The lowest BCUT2D eigenvalue weighted by Gasteiger charge is -2.14. The van der Waals surface area contributed by atoms with E-state index in [4.69, 9.17) is 11.6 Å². The molecule has 100 valence electrons. The molecule has 2 heterocycles. The van der Waals surface area contributed by atoms with Gasteiger partial charge in [-0.3, -0.25) is 0 Å². The van der Waals surface area contributed by atoms with Crippen molar-refractivity contribution in [1.82, 2.24) is 9.97 Å². The first kappa shape index (κ1) is 12.9. The Balaban J connectivity index is 1.68. The summed E-state index contributed by atoms with van der Waals surface area (Å²) in [4.78, 5) is 8.86. The second-order valence-corrected chi connectivity index (χ2v) is 6.26. The van der Waals surface area contributed by atoms with Crippen molar-refractivity contribution in [3.8, 4) is 0 Å². The minimum atomic E-state index is 0.326. The molecule has 3 rings (SSSR count). The highest BCUT2D eigenvalue weighted by Crippen LogP contribution is 2.38. The molecule has 2 aromatic heterocycles. The summed E-state index contributed by atoms with van der Waals surface area (Å²) in [7, 11) is 0. The number of anilines is 1. The summed E-state index contributed by atoms with van der Waals surface area (Å²) < 4.78 is 0. The Hall–Kier alpha value is -1.13. The van der Waals surface area contributed by atoms with Crippen LogP contribution in [0.15, 0.2) is 22.9 Å². The molecule has 0 aromatic carbocycles. The Bertz CT molecular complexity index is 552. The van der Waals surface area contributed by atoms with Crippen molar-refractivity contribution in [3.05, 3.63) is 39.4 Å². The van der Waals surface area contributed by atoms with Gasteiger partial charge in [-0.05, 0) is 48.6 Å². The van der Waals surface area contributed by atoms with Gasteiger partial charge in [0.2, 0.25) is 0 Å². The van der Waals surface area contributed by atoms with Crippen LogP contribution in [0.5, 0.6) is 0 Å². The molecule has 0 saturated heterocycles. The topological polar surface area (TPSA) is 37.8 Å². The average molecular weight is 294 g/mol. The van der Waals surface area contributed by atoms with Crippen LogP contribution in [0, 0.1) is 0 Å². The maximum Gasteiger partial charge on any atom is 0.135 e. The van der Waals surface area contributed by atoms with Gasteiger partial charge in [0.25, 0.3) is 0 Å². The standard InChI is InChI=1S/C14H16ClN3S/c1-9(6-10-4-5-19-8-10)16-13-7-12(15)17-14(18-13)11-2-3-11/h4-5,7-9,11H,2-3,6H2,1H3,(H,16,17,18). The van der Waals surface area contributed by atoms with E-state index >= 15 is 0 Å². The first-order valence-corrected chi connectivity index (χ1v) is 7.85. The summed E-state index contributed by atoms with van der Waals surface area (Å²) in [6.07, 6.45) is 3.36. The first-order chi connectivity index (χ1) is 9.20. The van der Waals surface area contributed by atoms with E-state index in [-0.39, 0.29) is 0 Å². The molecule has 0 radical (unpaired) electrons. The zero-order valence-corrected chi connectivity index (χ0v) is 12.3. The van der Waals surface area contributed by atoms with Gasteiger partial charge in [0.15, 0.2) is 0 Å². The van der Waals surface area contributed by atoms with Gasteiger partial charge in [0.1, 0.15) is 16.8 Å². The van der Waals surface area contributed by atoms with Crippen LogP contribution >= 0.6 is 22.9 Å². The molecule has 1 aliphatic carbocycles. The fourth-order valence-corrected chi connectivity index (χ4v) is 2.97. The van der Waals surface area contributed by atoms with E-state index in [9.17, 15) is 0 Å². The third-order valence-corrected chi connectivity index (χ3v) is 4.10. The molecular weight excluding hydrogens is 278 g/mol. The van der Waals surface area contributed by atoms with Gasteiger partial charge in [-0.25, -0.2) is 9.97 Å². The molecule has 1 fully saturated rings. The van der Waals surface area contributed by atoms with Gasteiger partial charge >= 0.3 is 0 Å². The fourth-order valence-electron chi connectivity index (χ4n) is 2.10. The van der Waals surface area contributed by atoms with Crippen LogP contribution in [0.1, 0.15) is 37.1 Å². The second-order valence-electron chi connectivity index (χ2n) is 5.09. The number of hydrogen-bond donors (Lipinski definition) is 1. The molecule has 19 heavy (non-hydrogen) atoms. The molecule has 1 N–H and O–H groups in total. The first-order valence-electron chi connectivity index (χ1n) is 6.53. The molecule has 0 aliphatic heterocycles. The van der Waals surface area contributed by atoms with Gasteiger partial charge in [-0.2, -0.15) is 11.3 Å². The SMILES string of the molecule is CC(Cc1ccsc1)Nc1cc(Cl)nc(C2CC2)n1. The predicted octanol–water partition coefficient (Wildman–Crippen LogP) is 4.11. The van der Waals surface area contributed by atoms with Crippen molar-refractivity contribution in [1.29, 1.82) is 0 Å². The molecule has 2 aromatic rings. The van der Waals surface area contributed by atoms with Crippen LogP contribution in [0.25, 0.3) is 0 Å². The molecule has 0 spiro atoms. The van der Waals surface area contributed by atoms with Gasteiger partial charge < -0.3 is 5.32 Å². The zero-order chi connectivity index (χ0) is 13.2. The summed E-state index contributed by atoms with van der Waals surface area (Å²) in [6, 6.07) is 4.29. The number of hydrogen-bond acceptors (Lipinski definition) is 4. The van der Waals surface area contributed by atoms with Crippen LogP contribution in [0.3, 0.4) is 0 Å². The number of halogens is 1. The van der Waals surface area contributed by atoms with Crippen LogP contribution in [-0.2, 0) is 6.42 Å². The van der Waals surface area contributed by atoms with Crippen molar-refractivity contribution in [2.45, 2.75) is 38.1 Å². The minimum absolute atomic E-state index is 0.326.